The van der Waals surface area contributed by atoms with E-state index >= 15 is 0 Å². The second-order valence-corrected chi connectivity index (χ2v) is 5.78. The summed E-state index contributed by atoms with van der Waals surface area (Å²) >= 11 is 0. The molecule has 2 aliphatic rings. The van der Waals surface area contributed by atoms with Gasteiger partial charge in [-0.25, -0.2) is 0 Å². The summed E-state index contributed by atoms with van der Waals surface area (Å²) in [5, 5.41) is 9.50. The van der Waals surface area contributed by atoms with Crippen LogP contribution in [-0.2, 0) is 15.9 Å². The van der Waals surface area contributed by atoms with Gasteiger partial charge in [0.2, 0.25) is 0 Å². The molecule has 18 heavy (non-hydrogen) atoms. The van der Waals surface area contributed by atoms with Gasteiger partial charge in [0, 0.05) is 5.41 Å². The Morgan fingerprint density at radius 1 is 1.22 bits per heavy atom. The first kappa shape index (κ1) is 12.1. The molecule has 1 unspecified atom stereocenters. The number of rotatable bonds is 1. The maximum atomic E-state index is 9.50. The van der Waals surface area contributed by atoms with Gasteiger partial charge < -0.3 is 14.7 Å². The minimum atomic E-state index is -0.528. The summed E-state index contributed by atoms with van der Waals surface area (Å²) in [5.74, 6) is -0.528. The van der Waals surface area contributed by atoms with Crippen LogP contribution in [0.25, 0.3) is 0 Å². The van der Waals surface area contributed by atoms with Crippen LogP contribution < -0.4 is 5.48 Å². The molecular formula is C14H19NO3. The van der Waals surface area contributed by atoms with Crippen molar-refractivity contribution in [2.45, 2.75) is 32.1 Å². The van der Waals surface area contributed by atoms with E-state index in [9.17, 15) is 5.21 Å². The topological polar surface area (TPSA) is 50.7 Å². The average molecular weight is 249 g/mol. The third-order valence-electron chi connectivity index (χ3n) is 4.06. The Labute approximate surface area is 107 Å². The molecule has 0 saturated carbocycles. The predicted octanol–water partition coefficient (Wildman–Crippen LogP) is 2.03. The van der Waals surface area contributed by atoms with Crippen molar-refractivity contribution < 1.29 is 14.7 Å². The Balaban J connectivity index is 1.92. The quantitative estimate of drug-likeness (QED) is 0.748. The number of fused-ring (bicyclic) bond motifs is 1. The molecular weight excluding hydrogens is 230 g/mol. The molecule has 98 valence electrons. The van der Waals surface area contributed by atoms with Gasteiger partial charge in [0.15, 0.2) is 5.79 Å². The standard InChI is InChI=1S/C14H19NO3/c1-13(2)17-8-14(9-18-13)7-10-5-3-4-6-11(10)12(14)15-16/h3-6,12,15-16H,7-9H2,1-2H3. The monoisotopic (exact) mass is 249 g/mol. The zero-order valence-electron chi connectivity index (χ0n) is 10.8. The van der Waals surface area contributed by atoms with Crippen LogP contribution in [0.3, 0.4) is 0 Å². The van der Waals surface area contributed by atoms with Crippen LogP contribution in [0.5, 0.6) is 0 Å². The van der Waals surface area contributed by atoms with E-state index in [4.69, 9.17) is 9.47 Å². The van der Waals surface area contributed by atoms with E-state index in [1.807, 2.05) is 26.0 Å². The number of nitrogens with one attached hydrogen (secondary N) is 1. The lowest BCUT2D eigenvalue weighted by molar-refractivity contribution is -0.291. The first-order valence-electron chi connectivity index (χ1n) is 6.32. The number of benzene rings is 1. The maximum absolute atomic E-state index is 9.50. The first-order chi connectivity index (χ1) is 8.56. The van der Waals surface area contributed by atoms with E-state index in [0.29, 0.717) is 13.2 Å². The lowest BCUT2D eigenvalue weighted by atomic mass is 9.82. The van der Waals surface area contributed by atoms with Gasteiger partial charge >= 0.3 is 0 Å². The van der Waals surface area contributed by atoms with Gasteiger partial charge in [-0.05, 0) is 31.4 Å². The predicted molar refractivity (Wildman–Crippen MR) is 66.2 cm³/mol. The number of hydrogen-bond acceptors (Lipinski definition) is 4. The molecule has 1 atom stereocenters. The maximum Gasteiger partial charge on any atom is 0.162 e. The van der Waals surface area contributed by atoms with Crippen molar-refractivity contribution in [3.05, 3.63) is 35.4 Å². The van der Waals surface area contributed by atoms with E-state index in [0.717, 1.165) is 12.0 Å². The highest BCUT2D eigenvalue weighted by Crippen LogP contribution is 2.48. The van der Waals surface area contributed by atoms with Crippen LogP contribution in [0.1, 0.15) is 31.0 Å². The number of hydroxylamine groups is 1. The third-order valence-corrected chi connectivity index (χ3v) is 4.06. The van der Waals surface area contributed by atoms with Crippen molar-refractivity contribution in [2.75, 3.05) is 13.2 Å². The van der Waals surface area contributed by atoms with Crippen molar-refractivity contribution in [2.24, 2.45) is 5.41 Å². The Morgan fingerprint density at radius 3 is 2.56 bits per heavy atom. The zero-order chi connectivity index (χ0) is 12.8. The van der Waals surface area contributed by atoms with Crippen LogP contribution in [0.2, 0.25) is 0 Å². The Morgan fingerprint density at radius 2 is 1.89 bits per heavy atom. The fraction of sp³-hybridized carbons (Fsp3) is 0.571. The molecule has 4 nitrogen and oxygen atoms in total. The van der Waals surface area contributed by atoms with Crippen LogP contribution in [-0.4, -0.2) is 24.2 Å². The summed E-state index contributed by atoms with van der Waals surface area (Å²) < 4.78 is 11.6. The van der Waals surface area contributed by atoms with Crippen molar-refractivity contribution in [3.63, 3.8) is 0 Å². The summed E-state index contributed by atoms with van der Waals surface area (Å²) in [6.45, 7) is 5.02. The molecule has 0 bridgehead atoms. The molecule has 1 aromatic carbocycles. The second-order valence-electron chi connectivity index (χ2n) is 5.78. The van der Waals surface area contributed by atoms with Crippen LogP contribution in [0.4, 0.5) is 0 Å². The van der Waals surface area contributed by atoms with E-state index in [2.05, 4.69) is 17.6 Å². The Kier molecular flexibility index (Phi) is 2.71. The average Bonchev–Trinajstić information content (AvgIpc) is 2.67. The molecule has 0 aromatic heterocycles. The molecule has 1 fully saturated rings. The van der Waals surface area contributed by atoms with E-state index in [1.165, 1.54) is 5.56 Å². The van der Waals surface area contributed by atoms with Gasteiger partial charge in [-0.1, -0.05) is 24.3 Å². The molecule has 1 spiro atoms. The molecule has 0 radical (unpaired) electrons. The van der Waals surface area contributed by atoms with Gasteiger partial charge in [-0.15, -0.1) is 0 Å². The number of hydrogen-bond donors (Lipinski definition) is 2. The molecule has 1 saturated heterocycles. The minimum absolute atomic E-state index is 0.121. The largest absolute Gasteiger partial charge is 0.350 e. The second kappa shape index (κ2) is 4.03. The molecule has 1 aromatic rings. The zero-order valence-corrected chi connectivity index (χ0v) is 10.8. The lowest BCUT2D eigenvalue weighted by Crippen LogP contribution is -2.51. The van der Waals surface area contributed by atoms with Gasteiger partial charge in [-0.3, -0.25) is 0 Å². The van der Waals surface area contributed by atoms with Crippen LogP contribution >= 0.6 is 0 Å². The molecule has 4 heteroatoms. The molecule has 1 aliphatic carbocycles. The molecule has 2 N–H and O–H groups in total. The summed E-state index contributed by atoms with van der Waals surface area (Å²) in [4.78, 5) is 0. The third kappa shape index (κ3) is 1.77. The summed E-state index contributed by atoms with van der Waals surface area (Å²) in [6.07, 6.45) is 0.872. The van der Waals surface area contributed by atoms with Gasteiger partial charge in [0.05, 0.1) is 19.3 Å². The summed E-state index contributed by atoms with van der Waals surface area (Å²) in [5.41, 5.74) is 4.65. The molecule has 1 aliphatic heterocycles. The fourth-order valence-corrected chi connectivity index (χ4v) is 2.98. The van der Waals surface area contributed by atoms with Crippen molar-refractivity contribution in [3.8, 4) is 0 Å². The smallest absolute Gasteiger partial charge is 0.162 e. The van der Waals surface area contributed by atoms with Gasteiger partial charge in [0.25, 0.3) is 0 Å². The SMILES string of the molecule is CC1(C)OCC2(CO1)Cc1ccccc1C2NO. The van der Waals surface area contributed by atoms with E-state index < -0.39 is 5.79 Å². The molecule has 0 amide bonds. The first-order valence-corrected chi connectivity index (χ1v) is 6.32. The summed E-state index contributed by atoms with van der Waals surface area (Å²) in [7, 11) is 0. The summed E-state index contributed by atoms with van der Waals surface area (Å²) in [6, 6.07) is 8.06. The lowest BCUT2D eigenvalue weighted by Gasteiger charge is -2.44. The fourth-order valence-electron chi connectivity index (χ4n) is 2.98. The highest BCUT2D eigenvalue weighted by molar-refractivity contribution is 5.38. The van der Waals surface area contributed by atoms with E-state index in [1.54, 1.807) is 0 Å². The molecule has 3 rings (SSSR count). The normalized spacial score (nSPS) is 28.3. The number of ether oxygens (including phenoxy) is 2. The van der Waals surface area contributed by atoms with Crippen LogP contribution in [0.15, 0.2) is 24.3 Å². The highest BCUT2D eigenvalue weighted by Gasteiger charge is 2.50. The van der Waals surface area contributed by atoms with E-state index in [-0.39, 0.29) is 11.5 Å². The highest BCUT2D eigenvalue weighted by atomic mass is 16.7. The Bertz CT molecular complexity index is 448. The van der Waals surface area contributed by atoms with Crippen LogP contribution in [0, 0.1) is 5.41 Å². The Hall–Kier alpha value is -0.940. The van der Waals surface area contributed by atoms with Crippen molar-refractivity contribution in [1.82, 2.24) is 5.48 Å². The van der Waals surface area contributed by atoms with Gasteiger partial charge in [0.1, 0.15) is 0 Å². The van der Waals surface area contributed by atoms with Gasteiger partial charge in [-0.2, -0.15) is 5.48 Å². The van der Waals surface area contributed by atoms with Crippen molar-refractivity contribution >= 4 is 0 Å². The van der Waals surface area contributed by atoms with Crippen molar-refractivity contribution in [1.29, 1.82) is 0 Å². The molecule has 1 heterocycles. The minimum Gasteiger partial charge on any atom is -0.350 e.